The van der Waals surface area contributed by atoms with Crippen molar-refractivity contribution in [2.75, 3.05) is 6.54 Å². The predicted octanol–water partition coefficient (Wildman–Crippen LogP) is 2.05. The summed E-state index contributed by atoms with van der Waals surface area (Å²) in [6.45, 7) is 7.34. The monoisotopic (exact) mass is 275 g/mol. The number of nitrogens with zero attached hydrogens (tertiary/aromatic N) is 4. The third-order valence-corrected chi connectivity index (χ3v) is 3.92. The summed E-state index contributed by atoms with van der Waals surface area (Å²) in [6, 6.07) is 0.354. The number of hydrogen-bond acceptors (Lipinski definition) is 3. The van der Waals surface area contributed by atoms with Crippen molar-refractivity contribution in [3.05, 3.63) is 34.9 Å². The van der Waals surface area contributed by atoms with Crippen molar-refractivity contribution in [2.45, 2.75) is 39.7 Å². The molecule has 20 heavy (non-hydrogen) atoms. The van der Waals surface area contributed by atoms with Gasteiger partial charge in [-0.2, -0.15) is 10.2 Å². The van der Waals surface area contributed by atoms with Gasteiger partial charge in [-0.05, 0) is 38.8 Å². The van der Waals surface area contributed by atoms with Crippen LogP contribution in [0.4, 0.5) is 0 Å². The molecule has 5 nitrogen and oxygen atoms in total. The summed E-state index contributed by atoms with van der Waals surface area (Å²) >= 11 is 0. The van der Waals surface area contributed by atoms with Crippen LogP contribution >= 0.6 is 0 Å². The van der Waals surface area contributed by atoms with Crippen molar-refractivity contribution in [3.63, 3.8) is 0 Å². The molecule has 0 aliphatic rings. The van der Waals surface area contributed by atoms with E-state index in [4.69, 9.17) is 0 Å². The Hall–Kier alpha value is -1.62. The van der Waals surface area contributed by atoms with Crippen molar-refractivity contribution in [1.82, 2.24) is 24.9 Å². The Labute approximate surface area is 121 Å². The number of aryl methyl sites for hydroxylation is 3. The zero-order chi connectivity index (χ0) is 14.7. The van der Waals surface area contributed by atoms with E-state index in [9.17, 15) is 0 Å². The highest BCUT2D eigenvalue weighted by atomic mass is 15.3. The van der Waals surface area contributed by atoms with Crippen molar-refractivity contribution in [3.8, 4) is 0 Å². The quantitative estimate of drug-likeness (QED) is 0.878. The van der Waals surface area contributed by atoms with E-state index in [0.29, 0.717) is 6.04 Å². The summed E-state index contributed by atoms with van der Waals surface area (Å²) < 4.78 is 3.83. The van der Waals surface area contributed by atoms with Crippen LogP contribution in [0.5, 0.6) is 0 Å². The lowest BCUT2D eigenvalue weighted by molar-refractivity contribution is 0.514. The SMILES string of the molecule is CCNC(CCc1c(C)nn(C)c1C)c1cnn(C)c1. The van der Waals surface area contributed by atoms with E-state index in [1.54, 1.807) is 0 Å². The Kier molecular flexibility index (Phi) is 4.60. The van der Waals surface area contributed by atoms with Crippen LogP contribution in [0.25, 0.3) is 0 Å². The van der Waals surface area contributed by atoms with Gasteiger partial charge in [0.1, 0.15) is 0 Å². The average molecular weight is 275 g/mol. The smallest absolute Gasteiger partial charge is 0.0628 e. The topological polar surface area (TPSA) is 47.7 Å². The van der Waals surface area contributed by atoms with Crippen LogP contribution in [-0.2, 0) is 20.5 Å². The summed E-state index contributed by atoms with van der Waals surface area (Å²) in [5.74, 6) is 0. The lowest BCUT2D eigenvalue weighted by atomic mass is 10.00. The second-order valence-electron chi connectivity index (χ2n) is 5.37. The van der Waals surface area contributed by atoms with Crippen LogP contribution in [0.3, 0.4) is 0 Å². The second-order valence-corrected chi connectivity index (χ2v) is 5.37. The molecular weight excluding hydrogens is 250 g/mol. The van der Waals surface area contributed by atoms with Crippen LogP contribution < -0.4 is 5.32 Å². The number of aromatic nitrogens is 4. The minimum atomic E-state index is 0.354. The summed E-state index contributed by atoms with van der Waals surface area (Å²) in [5.41, 5.74) is 5.04. The molecule has 0 aliphatic carbocycles. The molecule has 2 heterocycles. The molecule has 0 saturated heterocycles. The van der Waals surface area contributed by atoms with Crippen LogP contribution in [0.1, 0.15) is 41.9 Å². The Bertz CT molecular complexity index is 567. The maximum atomic E-state index is 4.49. The summed E-state index contributed by atoms with van der Waals surface area (Å²) in [6.07, 6.45) is 6.15. The average Bonchev–Trinajstić information content (AvgIpc) is 2.92. The van der Waals surface area contributed by atoms with Gasteiger partial charge in [0.15, 0.2) is 0 Å². The molecule has 1 unspecified atom stereocenters. The van der Waals surface area contributed by atoms with Gasteiger partial charge in [-0.1, -0.05) is 6.92 Å². The third kappa shape index (κ3) is 3.10. The zero-order valence-corrected chi connectivity index (χ0v) is 13.1. The highest BCUT2D eigenvalue weighted by molar-refractivity contribution is 5.25. The van der Waals surface area contributed by atoms with Crippen molar-refractivity contribution in [1.29, 1.82) is 0 Å². The molecule has 1 atom stereocenters. The molecule has 0 aromatic carbocycles. The van der Waals surface area contributed by atoms with Crippen molar-refractivity contribution < 1.29 is 0 Å². The Morgan fingerprint density at radius 2 is 2.05 bits per heavy atom. The highest BCUT2D eigenvalue weighted by Gasteiger charge is 2.15. The predicted molar refractivity (Wildman–Crippen MR) is 80.6 cm³/mol. The van der Waals surface area contributed by atoms with Gasteiger partial charge in [0.2, 0.25) is 0 Å². The molecule has 110 valence electrons. The van der Waals surface area contributed by atoms with Gasteiger partial charge in [0.05, 0.1) is 11.9 Å². The second kappa shape index (κ2) is 6.22. The fourth-order valence-electron chi connectivity index (χ4n) is 2.72. The van der Waals surface area contributed by atoms with E-state index in [-0.39, 0.29) is 0 Å². The van der Waals surface area contributed by atoms with Crippen LogP contribution in [0.15, 0.2) is 12.4 Å². The van der Waals surface area contributed by atoms with Crippen molar-refractivity contribution >= 4 is 0 Å². The van der Waals surface area contributed by atoms with Gasteiger partial charge in [-0.15, -0.1) is 0 Å². The summed E-state index contributed by atoms with van der Waals surface area (Å²) in [7, 11) is 3.97. The Morgan fingerprint density at radius 3 is 2.55 bits per heavy atom. The first-order valence-corrected chi connectivity index (χ1v) is 7.24. The molecule has 2 aromatic rings. The molecule has 0 bridgehead atoms. The molecule has 0 radical (unpaired) electrons. The number of nitrogens with one attached hydrogen (secondary N) is 1. The van der Waals surface area contributed by atoms with E-state index in [1.807, 2.05) is 29.7 Å². The van der Waals surface area contributed by atoms with Gasteiger partial charge in [0, 0.05) is 37.6 Å². The molecule has 0 fully saturated rings. The number of rotatable bonds is 6. The van der Waals surface area contributed by atoms with Crippen LogP contribution in [0, 0.1) is 13.8 Å². The molecule has 0 amide bonds. The third-order valence-electron chi connectivity index (χ3n) is 3.92. The molecule has 0 spiro atoms. The largest absolute Gasteiger partial charge is 0.310 e. The van der Waals surface area contributed by atoms with Crippen LogP contribution in [0.2, 0.25) is 0 Å². The van der Waals surface area contributed by atoms with E-state index in [0.717, 1.165) is 25.1 Å². The summed E-state index contributed by atoms with van der Waals surface area (Å²) in [4.78, 5) is 0. The lowest BCUT2D eigenvalue weighted by Gasteiger charge is -2.16. The normalized spacial score (nSPS) is 12.8. The lowest BCUT2D eigenvalue weighted by Crippen LogP contribution is -2.21. The van der Waals surface area contributed by atoms with Gasteiger partial charge in [-0.25, -0.2) is 0 Å². The van der Waals surface area contributed by atoms with Crippen LogP contribution in [-0.4, -0.2) is 26.1 Å². The van der Waals surface area contributed by atoms with E-state index >= 15 is 0 Å². The first kappa shape index (κ1) is 14.8. The minimum Gasteiger partial charge on any atom is -0.310 e. The first-order chi connectivity index (χ1) is 9.52. The number of hydrogen-bond donors (Lipinski definition) is 1. The molecule has 2 aromatic heterocycles. The first-order valence-electron chi connectivity index (χ1n) is 7.24. The molecule has 2 rings (SSSR count). The van der Waals surface area contributed by atoms with Crippen molar-refractivity contribution in [2.24, 2.45) is 14.1 Å². The van der Waals surface area contributed by atoms with Gasteiger partial charge in [-0.3, -0.25) is 9.36 Å². The Balaban J connectivity index is 2.09. The molecular formula is C15H25N5. The molecule has 0 aliphatic heterocycles. The van der Waals surface area contributed by atoms with E-state index in [2.05, 4.69) is 42.5 Å². The highest BCUT2D eigenvalue weighted by Crippen LogP contribution is 2.21. The van der Waals surface area contributed by atoms with Gasteiger partial charge >= 0.3 is 0 Å². The molecule has 0 saturated carbocycles. The van der Waals surface area contributed by atoms with E-state index in [1.165, 1.54) is 16.8 Å². The van der Waals surface area contributed by atoms with Gasteiger partial charge < -0.3 is 5.32 Å². The molecule has 5 heteroatoms. The zero-order valence-electron chi connectivity index (χ0n) is 13.1. The molecule has 1 N–H and O–H groups in total. The Morgan fingerprint density at radius 1 is 1.30 bits per heavy atom. The minimum absolute atomic E-state index is 0.354. The fourth-order valence-corrected chi connectivity index (χ4v) is 2.72. The van der Waals surface area contributed by atoms with E-state index < -0.39 is 0 Å². The fraction of sp³-hybridized carbons (Fsp3) is 0.600. The summed E-state index contributed by atoms with van der Waals surface area (Å²) in [5, 5.41) is 12.3. The maximum absolute atomic E-state index is 4.49. The maximum Gasteiger partial charge on any atom is 0.0628 e. The standard InChI is InChI=1S/C15H25N5/c1-6-16-15(13-9-17-19(4)10-13)8-7-14-11(2)18-20(5)12(14)3/h9-10,15-16H,6-8H2,1-5H3. The van der Waals surface area contributed by atoms with Gasteiger partial charge in [0.25, 0.3) is 0 Å².